The molecule has 2 atom stereocenters. The van der Waals surface area contributed by atoms with Crippen molar-refractivity contribution >= 4 is 23.3 Å². The molecule has 3 amide bonds. The van der Waals surface area contributed by atoms with Crippen LogP contribution in [-0.4, -0.2) is 59.9 Å². The van der Waals surface area contributed by atoms with Crippen molar-refractivity contribution in [1.82, 2.24) is 14.7 Å². The number of thiophene rings is 1. The second kappa shape index (κ2) is 5.77. The highest BCUT2D eigenvalue weighted by atomic mass is 32.1. The van der Waals surface area contributed by atoms with Gasteiger partial charge >= 0.3 is 6.03 Å². The van der Waals surface area contributed by atoms with Crippen molar-refractivity contribution in [3.05, 3.63) is 22.4 Å². The molecule has 2 saturated heterocycles. The van der Waals surface area contributed by atoms with E-state index in [4.69, 9.17) is 0 Å². The molecule has 114 valence electrons. The number of rotatable bonds is 4. The van der Waals surface area contributed by atoms with E-state index >= 15 is 0 Å². The Morgan fingerprint density at radius 3 is 2.81 bits per heavy atom. The number of hydrogen-bond donors (Lipinski definition) is 0. The van der Waals surface area contributed by atoms with Gasteiger partial charge in [-0.1, -0.05) is 6.07 Å². The Labute approximate surface area is 129 Å². The van der Waals surface area contributed by atoms with Crippen LogP contribution in [0.1, 0.15) is 30.2 Å². The number of amides is 3. The second-order valence-corrected chi connectivity index (χ2v) is 6.91. The first-order valence-corrected chi connectivity index (χ1v) is 8.29. The minimum absolute atomic E-state index is 0.0110. The van der Waals surface area contributed by atoms with E-state index in [2.05, 4.69) is 11.0 Å². The van der Waals surface area contributed by atoms with Crippen LogP contribution in [0.15, 0.2) is 17.5 Å². The Morgan fingerprint density at radius 2 is 2.19 bits per heavy atom. The van der Waals surface area contributed by atoms with E-state index in [9.17, 15) is 9.59 Å². The van der Waals surface area contributed by atoms with Gasteiger partial charge in [-0.15, -0.1) is 11.3 Å². The standard InChI is InChI=1S/C15H21N3O2S/c1-16(2)12(13-7-5-9-21-13)10-18-14(19)11-6-3-4-8-17(11)15(18)20/h5,7,9,11-12H,3-4,6,8,10H2,1-2H3/t11-,12-/m1/s1. The number of urea groups is 1. The van der Waals surface area contributed by atoms with E-state index in [0.29, 0.717) is 6.54 Å². The highest BCUT2D eigenvalue weighted by molar-refractivity contribution is 7.10. The normalized spacial score (nSPS) is 23.9. The third-order valence-electron chi connectivity index (χ3n) is 4.38. The van der Waals surface area contributed by atoms with Crippen LogP contribution in [0.5, 0.6) is 0 Å². The summed E-state index contributed by atoms with van der Waals surface area (Å²) < 4.78 is 0. The number of imide groups is 1. The summed E-state index contributed by atoms with van der Waals surface area (Å²) in [4.78, 5) is 31.5. The van der Waals surface area contributed by atoms with Crippen LogP contribution in [0.25, 0.3) is 0 Å². The molecule has 0 bridgehead atoms. The number of piperidine rings is 1. The molecule has 3 rings (SSSR count). The fraction of sp³-hybridized carbons (Fsp3) is 0.600. The molecule has 0 aliphatic carbocycles. The van der Waals surface area contributed by atoms with Crippen LogP contribution < -0.4 is 0 Å². The van der Waals surface area contributed by atoms with Crippen molar-refractivity contribution in [2.45, 2.75) is 31.3 Å². The van der Waals surface area contributed by atoms with Gasteiger partial charge in [0.2, 0.25) is 0 Å². The number of hydrogen-bond acceptors (Lipinski definition) is 4. The van der Waals surface area contributed by atoms with E-state index in [1.54, 1.807) is 16.2 Å². The van der Waals surface area contributed by atoms with Gasteiger partial charge in [-0.05, 0) is 44.8 Å². The predicted molar refractivity (Wildman–Crippen MR) is 82.2 cm³/mol. The molecule has 0 N–H and O–H groups in total. The smallest absolute Gasteiger partial charge is 0.312 e. The zero-order chi connectivity index (χ0) is 15.0. The Balaban J connectivity index is 1.80. The van der Waals surface area contributed by atoms with E-state index < -0.39 is 0 Å². The van der Waals surface area contributed by atoms with Gasteiger partial charge in [0, 0.05) is 11.4 Å². The zero-order valence-electron chi connectivity index (χ0n) is 12.5. The predicted octanol–water partition coefficient (Wildman–Crippen LogP) is 2.17. The van der Waals surface area contributed by atoms with Gasteiger partial charge in [-0.25, -0.2) is 4.79 Å². The Morgan fingerprint density at radius 1 is 1.38 bits per heavy atom. The fourth-order valence-electron chi connectivity index (χ4n) is 3.18. The summed E-state index contributed by atoms with van der Waals surface area (Å²) in [6, 6.07) is 3.82. The highest BCUT2D eigenvalue weighted by Gasteiger charge is 2.46. The van der Waals surface area contributed by atoms with Crippen molar-refractivity contribution in [1.29, 1.82) is 0 Å². The lowest BCUT2D eigenvalue weighted by molar-refractivity contribution is -0.129. The highest BCUT2D eigenvalue weighted by Crippen LogP contribution is 2.30. The average molecular weight is 307 g/mol. The van der Waals surface area contributed by atoms with E-state index in [0.717, 1.165) is 25.8 Å². The third kappa shape index (κ3) is 2.58. The number of fused-ring (bicyclic) bond motifs is 1. The SMILES string of the molecule is CN(C)[C@H](CN1C(=O)[C@H]2CCCCN2C1=O)c1cccs1. The first-order chi connectivity index (χ1) is 10.1. The average Bonchev–Trinajstić information content (AvgIpc) is 3.07. The van der Waals surface area contributed by atoms with Gasteiger partial charge < -0.3 is 9.80 Å². The maximum absolute atomic E-state index is 12.5. The molecule has 6 heteroatoms. The van der Waals surface area contributed by atoms with Crippen molar-refractivity contribution in [3.63, 3.8) is 0 Å². The molecule has 5 nitrogen and oxygen atoms in total. The molecule has 2 fully saturated rings. The third-order valence-corrected chi connectivity index (χ3v) is 5.35. The first-order valence-electron chi connectivity index (χ1n) is 7.41. The van der Waals surface area contributed by atoms with Crippen LogP contribution >= 0.6 is 11.3 Å². The first kappa shape index (κ1) is 14.5. The minimum atomic E-state index is -0.211. The molecule has 0 unspecified atom stereocenters. The van der Waals surface area contributed by atoms with Gasteiger partial charge in [0.05, 0.1) is 12.6 Å². The maximum atomic E-state index is 12.5. The van der Waals surface area contributed by atoms with Gasteiger partial charge in [-0.3, -0.25) is 9.69 Å². The summed E-state index contributed by atoms with van der Waals surface area (Å²) >= 11 is 1.67. The van der Waals surface area contributed by atoms with Gasteiger partial charge in [0.25, 0.3) is 5.91 Å². The van der Waals surface area contributed by atoms with Gasteiger partial charge in [-0.2, -0.15) is 0 Å². The molecule has 1 aromatic rings. The van der Waals surface area contributed by atoms with Crippen LogP contribution in [0.2, 0.25) is 0 Å². The largest absolute Gasteiger partial charge is 0.327 e. The molecule has 0 aromatic carbocycles. The lowest BCUT2D eigenvalue weighted by Gasteiger charge is -2.27. The van der Waals surface area contributed by atoms with Crippen molar-refractivity contribution < 1.29 is 9.59 Å². The van der Waals surface area contributed by atoms with Gasteiger partial charge in [0.1, 0.15) is 6.04 Å². The summed E-state index contributed by atoms with van der Waals surface area (Å²) in [6.07, 6.45) is 2.86. The Kier molecular flexibility index (Phi) is 3.99. The second-order valence-electron chi connectivity index (χ2n) is 5.93. The summed E-state index contributed by atoms with van der Waals surface area (Å²) in [6.45, 7) is 1.16. The van der Waals surface area contributed by atoms with Crippen molar-refractivity contribution in [3.8, 4) is 0 Å². The quantitative estimate of drug-likeness (QED) is 0.801. The zero-order valence-corrected chi connectivity index (χ0v) is 13.3. The van der Waals surface area contributed by atoms with Crippen LogP contribution in [0.3, 0.4) is 0 Å². The molecule has 2 aliphatic rings. The molecule has 1 aromatic heterocycles. The lowest BCUT2D eigenvalue weighted by atomic mass is 10.0. The Bertz CT molecular complexity index is 505. The molecular weight excluding hydrogens is 286 g/mol. The van der Waals surface area contributed by atoms with Gasteiger partial charge in [0.15, 0.2) is 0 Å². The number of nitrogens with zero attached hydrogens (tertiary/aromatic N) is 3. The van der Waals surface area contributed by atoms with E-state index in [-0.39, 0.29) is 24.0 Å². The Hall–Kier alpha value is -1.40. The summed E-state index contributed by atoms with van der Waals surface area (Å²) in [5.41, 5.74) is 0. The van der Waals surface area contributed by atoms with E-state index in [1.165, 1.54) is 9.78 Å². The molecule has 0 radical (unpaired) electrons. The van der Waals surface area contributed by atoms with Crippen molar-refractivity contribution in [2.75, 3.05) is 27.2 Å². The fourth-order valence-corrected chi connectivity index (χ4v) is 4.09. The molecule has 21 heavy (non-hydrogen) atoms. The summed E-state index contributed by atoms with van der Waals surface area (Å²) in [5, 5.41) is 2.03. The topological polar surface area (TPSA) is 43.9 Å². The molecule has 2 aliphatic heterocycles. The minimum Gasteiger partial charge on any atom is -0.312 e. The molecule has 3 heterocycles. The lowest BCUT2D eigenvalue weighted by Crippen LogP contribution is -2.39. The number of carbonyl (C=O) groups excluding carboxylic acids is 2. The van der Waals surface area contributed by atoms with Crippen LogP contribution in [0.4, 0.5) is 4.79 Å². The summed E-state index contributed by atoms with van der Waals surface area (Å²) in [7, 11) is 3.98. The van der Waals surface area contributed by atoms with Crippen molar-refractivity contribution in [2.24, 2.45) is 0 Å². The molecule has 0 saturated carbocycles. The molecular formula is C15H21N3O2S. The number of likely N-dealkylation sites (N-methyl/N-ethyl adjacent to an activating group) is 1. The number of carbonyl (C=O) groups is 2. The maximum Gasteiger partial charge on any atom is 0.327 e. The summed E-state index contributed by atoms with van der Waals surface area (Å²) in [5.74, 6) is -0.0110. The van der Waals surface area contributed by atoms with Crippen LogP contribution in [0, 0.1) is 0 Å². The monoisotopic (exact) mass is 307 g/mol. The van der Waals surface area contributed by atoms with E-state index in [1.807, 2.05) is 25.5 Å². The van der Waals surface area contributed by atoms with Crippen LogP contribution in [-0.2, 0) is 4.79 Å². The molecule has 0 spiro atoms.